The maximum Gasteiger partial charge on any atom is 0.308 e. The molecule has 0 saturated carbocycles. The molecule has 168 valence electrons. The Labute approximate surface area is 200 Å². The van der Waals surface area contributed by atoms with E-state index in [9.17, 15) is 14.4 Å². The molecule has 4 aromatic rings. The second-order valence-corrected chi connectivity index (χ2v) is 9.13. The van der Waals surface area contributed by atoms with Gasteiger partial charge in [0.25, 0.3) is 11.1 Å². The average molecular weight is 528 g/mol. The summed E-state index contributed by atoms with van der Waals surface area (Å²) in [5.74, 6) is 0.0845. The second-order valence-electron chi connectivity index (χ2n) is 7.26. The third kappa shape index (κ3) is 4.86. The molecule has 33 heavy (non-hydrogen) atoms. The highest BCUT2D eigenvalue weighted by Crippen LogP contribution is 2.37. The minimum Gasteiger partial charge on any atom is -0.493 e. The van der Waals surface area contributed by atoms with Crippen LogP contribution in [0.4, 0.5) is 0 Å². The number of carbonyl (C=O) groups excluding carboxylic acids is 1. The predicted octanol–water partition coefficient (Wildman–Crippen LogP) is 2.65. The molecule has 4 rings (SSSR count). The van der Waals surface area contributed by atoms with Crippen LogP contribution in [0.1, 0.15) is 29.3 Å². The third-order valence-electron chi connectivity index (χ3n) is 4.74. The van der Waals surface area contributed by atoms with Gasteiger partial charge in [0, 0.05) is 13.3 Å². The van der Waals surface area contributed by atoms with Gasteiger partial charge in [0.05, 0.1) is 16.1 Å². The molecule has 2 aromatic carbocycles. The number of thiazole rings is 1. The molecular formula is C23H18BrN3O5S. The van der Waals surface area contributed by atoms with Crippen molar-refractivity contribution in [3.8, 4) is 11.5 Å². The molecule has 0 aliphatic carbocycles. The van der Waals surface area contributed by atoms with E-state index in [1.54, 1.807) is 18.2 Å². The van der Waals surface area contributed by atoms with Crippen molar-refractivity contribution >= 4 is 44.3 Å². The predicted molar refractivity (Wildman–Crippen MR) is 128 cm³/mol. The number of aromatic nitrogens is 3. The van der Waals surface area contributed by atoms with Crippen molar-refractivity contribution in [2.75, 3.05) is 7.11 Å². The van der Waals surface area contributed by atoms with E-state index >= 15 is 0 Å². The fraction of sp³-hybridized carbons (Fsp3) is 0.174. The molecule has 0 bridgehead atoms. The van der Waals surface area contributed by atoms with Gasteiger partial charge < -0.3 is 9.47 Å². The number of nitrogens with zero attached hydrogens (tertiary/aromatic N) is 3. The summed E-state index contributed by atoms with van der Waals surface area (Å²) in [4.78, 5) is 41.1. The number of hydrogen-bond acceptors (Lipinski definition) is 8. The summed E-state index contributed by atoms with van der Waals surface area (Å²) in [7, 11) is 1.45. The van der Waals surface area contributed by atoms with Crippen LogP contribution in [0.25, 0.3) is 11.0 Å². The average Bonchev–Trinajstić information content (AvgIpc) is 3.05. The number of benzene rings is 2. The molecule has 0 unspecified atom stereocenters. The van der Waals surface area contributed by atoms with Gasteiger partial charge >= 0.3 is 5.97 Å². The smallest absolute Gasteiger partial charge is 0.308 e. The Kier molecular flexibility index (Phi) is 6.39. The lowest BCUT2D eigenvalue weighted by atomic mass is 10.1. The number of hydrogen-bond donors (Lipinski definition) is 0. The molecule has 0 fully saturated rings. The Morgan fingerprint density at radius 2 is 1.94 bits per heavy atom. The number of methoxy groups -OCH3 is 1. The van der Waals surface area contributed by atoms with E-state index in [1.165, 1.54) is 14.0 Å². The fourth-order valence-electron chi connectivity index (χ4n) is 3.17. The van der Waals surface area contributed by atoms with Gasteiger partial charge in [0.2, 0.25) is 4.96 Å². The molecule has 8 nitrogen and oxygen atoms in total. The SMILES string of the molecule is COc1cc(/C=c2\sc3nc(=O)c(Cc4ccc(C)cc4)nn3c2=O)cc(Br)c1OC(C)=O. The molecule has 0 aliphatic rings. The zero-order valence-corrected chi connectivity index (χ0v) is 20.3. The van der Waals surface area contributed by atoms with Crippen LogP contribution in [0.2, 0.25) is 0 Å². The largest absolute Gasteiger partial charge is 0.493 e. The van der Waals surface area contributed by atoms with Gasteiger partial charge in [-0.1, -0.05) is 41.2 Å². The van der Waals surface area contributed by atoms with E-state index in [1.807, 2.05) is 31.2 Å². The third-order valence-corrected chi connectivity index (χ3v) is 6.29. The highest BCUT2D eigenvalue weighted by Gasteiger charge is 2.15. The number of carbonyl (C=O) groups is 1. The van der Waals surface area contributed by atoms with Gasteiger partial charge in [-0.25, -0.2) is 0 Å². The normalized spacial score (nSPS) is 11.7. The van der Waals surface area contributed by atoms with E-state index in [0.29, 0.717) is 20.3 Å². The molecule has 0 saturated heterocycles. The van der Waals surface area contributed by atoms with Crippen LogP contribution in [0.15, 0.2) is 50.5 Å². The number of ether oxygens (including phenoxy) is 2. The van der Waals surface area contributed by atoms with E-state index in [-0.39, 0.29) is 28.4 Å². The number of aryl methyl sites for hydroxylation is 1. The first-order chi connectivity index (χ1) is 15.7. The molecular weight excluding hydrogens is 510 g/mol. The summed E-state index contributed by atoms with van der Waals surface area (Å²) in [6.07, 6.45) is 1.92. The highest BCUT2D eigenvalue weighted by molar-refractivity contribution is 9.10. The van der Waals surface area contributed by atoms with Crippen LogP contribution >= 0.6 is 27.3 Å². The van der Waals surface area contributed by atoms with Crippen molar-refractivity contribution in [2.24, 2.45) is 0 Å². The topological polar surface area (TPSA) is 99.9 Å². The number of fused-ring (bicyclic) bond motifs is 1. The molecule has 0 spiro atoms. The van der Waals surface area contributed by atoms with Gasteiger partial charge in [-0.3, -0.25) is 14.4 Å². The summed E-state index contributed by atoms with van der Waals surface area (Å²) in [6, 6.07) is 11.1. The van der Waals surface area contributed by atoms with Gasteiger partial charge in [-0.15, -0.1) is 0 Å². The Bertz CT molecular complexity index is 1540. The van der Waals surface area contributed by atoms with E-state index in [0.717, 1.165) is 27.0 Å². The van der Waals surface area contributed by atoms with Gasteiger partial charge in [-0.05, 0) is 52.2 Å². The fourth-order valence-corrected chi connectivity index (χ4v) is 4.61. The summed E-state index contributed by atoms with van der Waals surface area (Å²) in [5, 5.41) is 4.28. The van der Waals surface area contributed by atoms with Crippen LogP contribution in [-0.4, -0.2) is 27.7 Å². The molecule has 10 heteroatoms. The first-order valence-corrected chi connectivity index (χ1v) is 11.4. The quantitative estimate of drug-likeness (QED) is 0.290. The standard InChI is InChI=1S/C23H18BrN3O5S/c1-12-4-6-14(7-5-12)9-17-21(29)25-23-27(26-17)22(30)19(33-23)11-15-8-16(24)20(32-13(2)28)18(10-15)31-3/h4-8,10-11H,9H2,1-3H3/b19-11-. The first-order valence-electron chi connectivity index (χ1n) is 9.81. The van der Waals surface area contributed by atoms with Crippen molar-refractivity contribution in [1.29, 1.82) is 0 Å². The van der Waals surface area contributed by atoms with E-state index in [4.69, 9.17) is 9.47 Å². The molecule has 0 N–H and O–H groups in total. The minimum atomic E-state index is -0.486. The molecule has 0 atom stereocenters. The number of halogens is 1. The van der Waals surface area contributed by atoms with Crippen molar-refractivity contribution in [3.63, 3.8) is 0 Å². The van der Waals surface area contributed by atoms with Gasteiger partial charge in [-0.2, -0.15) is 14.6 Å². The lowest BCUT2D eigenvalue weighted by molar-refractivity contribution is -0.132. The summed E-state index contributed by atoms with van der Waals surface area (Å²) >= 11 is 4.43. The number of esters is 1. The molecule has 0 amide bonds. The minimum absolute atomic E-state index is 0.202. The van der Waals surface area contributed by atoms with Gasteiger partial charge in [0.15, 0.2) is 11.5 Å². The van der Waals surface area contributed by atoms with Crippen LogP contribution in [0.3, 0.4) is 0 Å². The van der Waals surface area contributed by atoms with Crippen LogP contribution in [0.5, 0.6) is 11.5 Å². The van der Waals surface area contributed by atoms with Crippen LogP contribution in [-0.2, 0) is 11.2 Å². The summed E-state index contributed by atoms with van der Waals surface area (Å²) in [5.41, 5.74) is 2.01. The van der Waals surface area contributed by atoms with Crippen LogP contribution in [0, 0.1) is 6.92 Å². The zero-order valence-electron chi connectivity index (χ0n) is 17.9. The van der Waals surface area contributed by atoms with Crippen LogP contribution < -0.4 is 25.1 Å². The van der Waals surface area contributed by atoms with Crippen molar-refractivity contribution < 1.29 is 14.3 Å². The maximum absolute atomic E-state index is 13.0. The Morgan fingerprint density at radius 3 is 2.61 bits per heavy atom. The number of rotatable bonds is 5. The Balaban J connectivity index is 1.77. The molecule has 2 heterocycles. The van der Waals surface area contributed by atoms with Crippen molar-refractivity contribution in [2.45, 2.75) is 20.3 Å². The molecule has 0 aliphatic heterocycles. The maximum atomic E-state index is 13.0. The summed E-state index contributed by atoms with van der Waals surface area (Å²) in [6.45, 7) is 3.27. The summed E-state index contributed by atoms with van der Waals surface area (Å²) < 4.78 is 12.5. The zero-order chi connectivity index (χ0) is 23.7. The monoisotopic (exact) mass is 527 g/mol. The molecule has 2 aromatic heterocycles. The van der Waals surface area contributed by atoms with E-state index in [2.05, 4.69) is 26.0 Å². The Hall–Kier alpha value is -3.37. The molecule has 0 radical (unpaired) electrons. The lowest BCUT2D eigenvalue weighted by Gasteiger charge is -2.10. The highest BCUT2D eigenvalue weighted by atomic mass is 79.9. The second kappa shape index (κ2) is 9.24. The first kappa shape index (κ1) is 22.8. The van der Waals surface area contributed by atoms with Gasteiger partial charge in [0.1, 0.15) is 5.69 Å². The van der Waals surface area contributed by atoms with Crippen molar-refractivity contribution in [3.05, 3.63) is 88.5 Å². The Morgan fingerprint density at radius 1 is 1.21 bits per heavy atom. The lowest BCUT2D eigenvalue weighted by Crippen LogP contribution is -2.28. The van der Waals surface area contributed by atoms with E-state index < -0.39 is 11.5 Å². The van der Waals surface area contributed by atoms with Crippen molar-refractivity contribution in [1.82, 2.24) is 14.6 Å².